The maximum Gasteiger partial charge on any atom is 0.243 e. The number of hydrogen-bond acceptors (Lipinski definition) is 4. The molecular formula is C14H22N4O2. The van der Waals surface area contributed by atoms with E-state index in [9.17, 15) is 9.59 Å². The van der Waals surface area contributed by atoms with Gasteiger partial charge in [0.05, 0.1) is 12.1 Å². The topological polar surface area (TPSA) is 87.5 Å². The largest absolute Gasteiger partial charge is 0.325 e. The van der Waals surface area contributed by atoms with Crippen molar-refractivity contribution in [1.82, 2.24) is 4.90 Å². The first-order chi connectivity index (χ1) is 9.18. The van der Waals surface area contributed by atoms with Crippen LogP contribution in [0.15, 0.2) is 24.3 Å². The molecule has 1 rings (SSSR count). The fourth-order valence-corrected chi connectivity index (χ4v) is 1.42. The van der Waals surface area contributed by atoms with E-state index in [0.29, 0.717) is 17.9 Å². The first-order valence-electron chi connectivity index (χ1n) is 6.33. The van der Waals surface area contributed by atoms with E-state index in [1.165, 1.54) is 0 Å². The molecule has 0 unspecified atom stereocenters. The first kappa shape index (κ1) is 16.1. The van der Waals surface area contributed by atoms with E-state index in [4.69, 9.17) is 5.73 Å². The molecule has 0 saturated carbocycles. The number of benzene rings is 1. The lowest BCUT2D eigenvalue weighted by atomic mass is 10.1. The highest BCUT2D eigenvalue weighted by Gasteiger charge is 2.21. The van der Waals surface area contributed by atoms with Crippen molar-refractivity contribution in [2.45, 2.75) is 19.4 Å². The molecule has 0 atom stereocenters. The Morgan fingerprint density at radius 3 is 1.95 bits per heavy atom. The monoisotopic (exact) mass is 278 g/mol. The third kappa shape index (κ3) is 5.38. The summed E-state index contributed by atoms with van der Waals surface area (Å²) in [6, 6.07) is 6.89. The zero-order valence-electron chi connectivity index (χ0n) is 12.4. The fourth-order valence-electron chi connectivity index (χ4n) is 1.42. The maximum atomic E-state index is 11.7. The summed E-state index contributed by atoms with van der Waals surface area (Å²) in [5.41, 5.74) is 6.08. The van der Waals surface area contributed by atoms with Gasteiger partial charge in [0.25, 0.3) is 0 Å². The summed E-state index contributed by atoms with van der Waals surface area (Å²) in [5, 5.41) is 5.48. The van der Waals surface area contributed by atoms with Gasteiger partial charge >= 0.3 is 0 Å². The SMILES string of the molecule is CN(C)CC(=O)Nc1ccc(NC(=O)C(C)(C)N)cc1. The second-order valence-corrected chi connectivity index (χ2v) is 5.54. The molecule has 6 heteroatoms. The predicted molar refractivity (Wildman–Crippen MR) is 80.5 cm³/mol. The molecule has 6 nitrogen and oxygen atoms in total. The maximum absolute atomic E-state index is 11.7. The van der Waals surface area contributed by atoms with Gasteiger partial charge in [0, 0.05) is 11.4 Å². The molecule has 0 aromatic heterocycles. The molecule has 0 heterocycles. The molecule has 0 radical (unpaired) electrons. The van der Waals surface area contributed by atoms with E-state index in [-0.39, 0.29) is 11.8 Å². The zero-order valence-corrected chi connectivity index (χ0v) is 12.4. The number of amides is 2. The third-order valence-corrected chi connectivity index (χ3v) is 2.47. The van der Waals surface area contributed by atoms with Gasteiger partial charge in [0.15, 0.2) is 0 Å². The highest BCUT2D eigenvalue weighted by Crippen LogP contribution is 2.14. The van der Waals surface area contributed by atoms with Gasteiger partial charge < -0.3 is 21.3 Å². The average Bonchev–Trinajstić information content (AvgIpc) is 2.29. The van der Waals surface area contributed by atoms with Crippen molar-refractivity contribution >= 4 is 23.2 Å². The number of carbonyl (C=O) groups excluding carboxylic acids is 2. The Morgan fingerprint density at radius 1 is 1.10 bits per heavy atom. The normalized spacial score (nSPS) is 11.3. The van der Waals surface area contributed by atoms with Crippen molar-refractivity contribution in [2.24, 2.45) is 5.73 Å². The van der Waals surface area contributed by atoms with Crippen molar-refractivity contribution in [3.63, 3.8) is 0 Å². The second-order valence-electron chi connectivity index (χ2n) is 5.54. The molecule has 0 saturated heterocycles. The Kier molecular flexibility index (Phi) is 5.24. The number of nitrogens with zero attached hydrogens (tertiary/aromatic N) is 1. The molecule has 0 aliphatic heterocycles. The van der Waals surface area contributed by atoms with E-state index in [0.717, 1.165) is 0 Å². The molecule has 0 aliphatic carbocycles. The Balaban J connectivity index is 2.61. The number of nitrogens with two attached hydrogens (primary N) is 1. The van der Waals surface area contributed by atoms with Crippen LogP contribution in [0.3, 0.4) is 0 Å². The molecule has 0 bridgehead atoms. The number of hydrogen-bond donors (Lipinski definition) is 3. The summed E-state index contributed by atoms with van der Waals surface area (Å²) in [6.45, 7) is 3.59. The van der Waals surface area contributed by atoms with Gasteiger partial charge in [0.2, 0.25) is 11.8 Å². The lowest BCUT2D eigenvalue weighted by Gasteiger charge is -2.18. The van der Waals surface area contributed by atoms with Gasteiger partial charge in [-0.3, -0.25) is 9.59 Å². The van der Waals surface area contributed by atoms with Crippen molar-refractivity contribution in [2.75, 3.05) is 31.3 Å². The number of anilines is 2. The lowest BCUT2D eigenvalue weighted by Crippen LogP contribution is -2.45. The zero-order chi connectivity index (χ0) is 15.3. The van der Waals surface area contributed by atoms with E-state index in [1.54, 1.807) is 43.0 Å². The molecule has 110 valence electrons. The fraction of sp³-hybridized carbons (Fsp3) is 0.429. The van der Waals surface area contributed by atoms with Crippen LogP contribution in [0.2, 0.25) is 0 Å². The van der Waals surface area contributed by atoms with Crippen LogP contribution in [0.25, 0.3) is 0 Å². The van der Waals surface area contributed by atoms with Crippen molar-refractivity contribution in [1.29, 1.82) is 0 Å². The van der Waals surface area contributed by atoms with Gasteiger partial charge in [-0.2, -0.15) is 0 Å². The first-order valence-corrected chi connectivity index (χ1v) is 6.33. The Hall–Kier alpha value is -1.92. The van der Waals surface area contributed by atoms with E-state index >= 15 is 0 Å². The molecule has 20 heavy (non-hydrogen) atoms. The lowest BCUT2D eigenvalue weighted by molar-refractivity contribution is -0.120. The van der Waals surface area contributed by atoms with E-state index < -0.39 is 5.54 Å². The third-order valence-electron chi connectivity index (χ3n) is 2.47. The van der Waals surface area contributed by atoms with Crippen molar-refractivity contribution in [3.8, 4) is 0 Å². The van der Waals surface area contributed by atoms with Crippen LogP contribution >= 0.6 is 0 Å². The van der Waals surface area contributed by atoms with Crippen molar-refractivity contribution in [3.05, 3.63) is 24.3 Å². The quantitative estimate of drug-likeness (QED) is 0.745. The number of rotatable bonds is 5. The molecular weight excluding hydrogens is 256 g/mol. The standard InChI is InChI=1S/C14H22N4O2/c1-14(2,15)13(20)17-11-7-5-10(6-8-11)16-12(19)9-18(3)4/h5-8H,9,15H2,1-4H3,(H,16,19)(H,17,20). The van der Waals surface area contributed by atoms with Crippen LogP contribution in [-0.2, 0) is 9.59 Å². The summed E-state index contributed by atoms with van der Waals surface area (Å²) < 4.78 is 0. The van der Waals surface area contributed by atoms with Crippen LogP contribution in [0, 0.1) is 0 Å². The van der Waals surface area contributed by atoms with Crippen LogP contribution < -0.4 is 16.4 Å². The van der Waals surface area contributed by atoms with Gasteiger partial charge in [0.1, 0.15) is 0 Å². The number of nitrogens with one attached hydrogen (secondary N) is 2. The average molecular weight is 278 g/mol. The minimum absolute atomic E-state index is 0.0881. The van der Waals surface area contributed by atoms with E-state index in [1.807, 2.05) is 14.1 Å². The Labute approximate surface area is 119 Å². The summed E-state index contributed by atoms with van der Waals surface area (Å²) >= 11 is 0. The molecule has 1 aromatic rings. The summed E-state index contributed by atoms with van der Waals surface area (Å²) in [7, 11) is 3.65. The molecule has 0 fully saturated rings. The van der Waals surface area contributed by atoms with Gasteiger partial charge in [-0.1, -0.05) is 0 Å². The van der Waals surface area contributed by atoms with Gasteiger partial charge in [-0.05, 0) is 52.2 Å². The molecule has 0 spiro atoms. The molecule has 1 aromatic carbocycles. The number of likely N-dealkylation sites (N-methyl/N-ethyl adjacent to an activating group) is 1. The summed E-state index contributed by atoms with van der Waals surface area (Å²) in [4.78, 5) is 25.1. The van der Waals surface area contributed by atoms with Crippen LogP contribution in [0.4, 0.5) is 11.4 Å². The van der Waals surface area contributed by atoms with Crippen LogP contribution in [0.1, 0.15) is 13.8 Å². The highest BCUT2D eigenvalue weighted by atomic mass is 16.2. The summed E-state index contributed by atoms with van der Waals surface area (Å²) in [6.07, 6.45) is 0. The van der Waals surface area contributed by atoms with Crippen molar-refractivity contribution < 1.29 is 9.59 Å². The van der Waals surface area contributed by atoms with Crippen LogP contribution in [-0.4, -0.2) is 42.9 Å². The van der Waals surface area contributed by atoms with Crippen LogP contribution in [0.5, 0.6) is 0 Å². The Morgan fingerprint density at radius 2 is 1.55 bits per heavy atom. The van der Waals surface area contributed by atoms with Gasteiger partial charge in [-0.15, -0.1) is 0 Å². The predicted octanol–water partition coefficient (Wildman–Crippen LogP) is 0.862. The summed E-state index contributed by atoms with van der Waals surface area (Å²) in [5.74, 6) is -0.350. The Bertz CT molecular complexity index is 475. The number of carbonyl (C=O) groups is 2. The molecule has 0 aliphatic rings. The highest BCUT2D eigenvalue weighted by molar-refractivity contribution is 5.97. The minimum atomic E-state index is -0.932. The molecule has 4 N–H and O–H groups in total. The van der Waals surface area contributed by atoms with E-state index in [2.05, 4.69) is 10.6 Å². The second kappa shape index (κ2) is 6.49. The molecule has 2 amide bonds. The smallest absolute Gasteiger partial charge is 0.243 e. The van der Waals surface area contributed by atoms with Gasteiger partial charge in [-0.25, -0.2) is 0 Å². The minimum Gasteiger partial charge on any atom is -0.325 e.